The Morgan fingerprint density at radius 2 is 2.00 bits per heavy atom. The van der Waals surface area contributed by atoms with Crippen LogP contribution in [0.15, 0.2) is 4.52 Å². The molecule has 8 heteroatoms. The normalized spacial score (nSPS) is 18.8. The molecule has 1 fully saturated rings. The van der Waals surface area contributed by atoms with Gasteiger partial charge in [0.05, 0.1) is 5.41 Å². The first-order chi connectivity index (χ1) is 10.3. The third-order valence-corrected chi connectivity index (χ3v) is 4.15. The summed E-state index contributed by atoms with van der Waals surface area (Å²) in [7, 11) is 0. The molecule has 1 amide bonds. The van der Waals surface area contributed by atoms with Crippen molar-refractivity contribution in [1.29, 1.82) is 0 Å². The Morgan fingerprint density at radius 1 is 1.39 bits per heavy atom. The number of nitrogens with zero attached hydrogens (tertiary/aromatic N) is 2. The second kappa shape index (κ2) is 7.59. The quantitative estimate of drug-likeness (QED) is 0.860. The van der Waals surface area contributed by atoms with Crippen LogP contribution in [0.3, 0.4) is 0 Å². The standard InChI is InChI=1S/C15H26N4O3.ClH/c1-10(11-18-12(19-22-11)14(2,3)4)17-13(20)15(9-16)5-7-21-8-6-15;/h10H,5-9,16H2,1-4H3,(H,17,20);1H. The van der Waals surface area contributed by atoms with E-state index in [4.69, 9.17) is 15.0 Å². The molecule has 1 aromatic rings. The van der Waals surface area contributed by atoms with Crippen molar-refractivity contribution in [2.24, 2.45) is 11.1 Å². The van der Waals surface area contributed by atoms with Crippen LogP contribution < -0.4 is 11.1 Å². The van der Waals surface area contributed by atoms with Crippen LogP contribution in [0.1, 0.15) is 58.3 Å². The Kier molecular flexibility index (Phi) is 6.56. The maximum Gasteiger partial charge on any atom is 0.248 e. The van der Waals surface area contributed by atoms with Crippen LogP contribution in [-0.2, 0) is 14.9 Å². The van der Waals surface area contributed by atoms with Crippen LogP contribution in [-0.4, -0.2) is 35.8 Å². The molecule has 132 valence electrons. The lowest BCUT2D eigenvalue weighted by molar-refractivity contribution is -0.136. The molecule has 1 aromatic heterocycles. The molecule has 0 bridgehead atoms. The predicted molar refractivity (Wildman–Crippen MR) is 88.3 cm³/mol. The van der Waals surface area contributed by atoms with Crippen molar-refractivity contribution in [2.45, 2.75) is 52.0 Å². The fraction of sp³-hybridized carbons (Fsp3) is 0.800. The molecule has 1 saturated heterocycles. The fourth-order valence-electron chi connectivity index (χ4n) is 2.41. The molecule has 0 spiro atoms. The molecule has 1 unspecified atom stereocenters. The van der Waals surface area contributed by atoms with E-state index in [-0.39, 0.29) is 29.8 Å². The minimum atomic E-state index is -0.556. The Balaban J connectivity index is 0.00000264. The third kappa shape index (κ3) is 4.43. The van der Waals surface area contributed by atoms with E-state index in [1.54, 1.807) is 0 Å². The average Bonchev–Trinajstić information content (AvgIpc) is 2.98. The van der Waals surface area contributed by atoms with E-state index in [0.717, 1.165) is 0 Å². The van der Waals surface area contributed by atoms with Gasteiger partial charge in [0.15, 0.2) is 5.82 Å². The van der Waals surface area contributed by atoms with E-state index < -0.39 is 5.41 Å². The van der Waals surface area contributed by atoms with Gasteiger partial charge in [0.25, 0.3) is 0 Å². The second-order valence-corrected chi connectivity index (χ2v) is 7.00. The predicted octanol–water partition coefficient (Wildman–Crippen LogP) is 1.72. The van der Waals surface area contributed by atoms with Gasteiger partial charge in [0.1, 0.15) is 6.04 Å². The summed E-state index contributed by atoms with van der Waals surface area (Å²) in [4.78, 5) is 17.0. The summed E-state index contributed by atoms with van der Waals surface area (Å²) in [6.45, 7) is 9.30. The number of nitrogens with two attached hydrogens (primary N) is 1. The Labute approximate surface area is 143 Å². The average molecular weight is 347 g/mol. The van der Waals surface area contributed by atoms with Crippen LogP contribution in [0.2, 0.25) is 0 Å². The van der Waals surface area contributed by atoms with Gasteiger partial charge in [-0.2, -0.15) is 4.98 Å². The highest BCUT2D eigenvalue weighted by molar-refractivity contribution is 5.85. The molecule has 1 aliphatic rings. The molecule has 1 atom stereocenters. The number of carbonyl (C=O) groups excluding carboxylic acids is 1. The smallest absolute Gasteiger partial charge is 0.248 e. The largest absolute Gasteiger partial charge is 0.381 e. The summed E-state index contributed by atoms with van der Waals surface area (Å²) in [6, 6.07) is -0.345. The number of halogens is 1. The fourth-order valence-corrected chi connectivity index (χ4v) is 2.41. The number of aromatic nitrogens is 2. The maximum atomic E-state index is 12.6. The highest BCUT2D eigenvalue weighted by atomic mass is 35.5. The molecular formula is C15H27ClN4O3. The number of hydrogen-bond donors (Lipinski definition) is 2. The summed E-state index contributed by atoms with van der Waals surface area (Å²) in [6.07, 6.45) is 1.28. The van der Waals surface area contributed by atoms with Gasteiger partial charge in [0, 0.05) is 25.2 Å². The van der Waals surface area contributed by atoms with E-state index in [1.165, 1.54) is 0 Å². The zero-order valence-electron chi connectivity index (χ0n) is 14.2. The van der Waals surface area contributed by atoms with Gasteiger partial charge in [0.2, 0.25) is 11.8 Å². The molecule has 2 rings (SSSR count). The van der Waals surface area contributed by atoms with E-state index >= 15 is 0 Å². The number of amides is 1. The van der Waals surface area contributed by atoms with Crippen molar-refractivity contribution in [3.05, 3.63) is 11.7 Å². The van der Waals surface area contributed by atoms with E-state index in [9.17, 15) is 4.79 Å². The number of carbonyl (C=O) groups is 1. The number of rotatable bonds is 4. The van der Waals surface area contributed by atoms with E-state index in [2.05, 4.69) is 15.5 Å². The zero-order valence-corrected chi connectivity index (χ0v) is 15.0. The molecule has 0 aromatic carbocycles. The van der Waals surface area contributed by atoms with Crippen LogP contribution in [0, 0.1) is 5.41 Å². The SMILES string of the molecule is CC(NC(=O)C1(CN)CCOCC1)c1nc(C(C)(C)C)no1.Cl. The van der Waals surface area contributed by atoms with Gasteiger partial charge in [-0.1, -0.05) is 25.9 Å². The van der Waals surface area contributed by atoms with Crippen molar-refractivity contribution < 1.29 is 14.1 Å². The van der Waals surface area contributed by atoms with Crippen molar-refractivity contribution in [1.82, 2.24) is 15.5 Å². The van der Waals surface area contributed by atoms with Crippen LogP contribution in [0.25, 0.3) is 0 Å². The Bertz CT molecular complexity index is 521. The molecule has 0 aliphatic carbocycles. The van der Waals surface area contributed by atoms with E-state index in [0.29, 0.717) is 44.3 Å². The summed E-state index contributed by atoms with van der Waals surface area (Å²) in [5.41, 5.74) is 5.10. The Hall–Kier alpha value is -1.18. The minimum absolute atomic E-state index is 0. The summed E-state index contributed by atoms with van der Waals surface area (Å²) in [5.74, 6) is 0.974. The van der Waals surface area contributed by atoms with Crippen LogP contribution >= 0.6 is 12.4 Å². The van der Waals surface area contributed by atoms with Gasteiger partial charge in [-0.3, -0.25) is 4.79 Å². The molecule has 23 heavy (non-hydrogen) atoms. The van der Waals surface area contributed by atoms with Gasteiger partial charge >= 0.3 is 0 Å². The maximum absolute atomic E-state index is 12.6. The van der Waals surface area contributed by atoms with Gasteiger partial charge < -0.3 is 20.3 Å². The summed E-state index contributed by atoms with van der Waals surface area (Å²) < 4.78 is 10.6. The van der Waals surface area contributed by atoms with Crippen LogP contribution in [0.4, 0.5) is 0 Å². The highest BCUT2D eigenvalue weighted by Crippen LogP contribution is 2.30. The first kappa shape index (κ1) is 19.9. The molecule has 2 heterocycles. The topological polar surface area (TPSA) is 103 Å². The third-order valence-electron chi connectivity index (χ3n) is 4.15. The number of hydrogen-bond acceptors (Lipinski definition) is 6. The first-order valence-electron chi connectivity index (χ1n) is 7.71. The van der Waals surface area contributed by atoms with Crippen LogP contribution in [0.5, 0.6) is 0 Å². The summed E-state index contributed by atoms with van der Waals surface area (Å²) >= 11 is 0. The molecular weight excluding hydrogens is 320 g/mol. The van der Waals surface area contributed by atoms with Gasteiger partial charge in [-0.25, -0.2) is 0 Å². The van der Waals surface area contributed by atoms with Crippen molar-refractivity contribution >= 4 is 18.3 Å². The minimum Gasteiger partial charge on any atom is -0.381 e. The van der Waals surface area contributed by atoms with Crippen molar-refractivity contribution in [3.8, 4) is 0 Å². The van der Waals surface area contributed by atoms with E-state index in [1.807, 2.05) is 27.7 Å². The number of nitrogens with one attached hydrogen (secondary N) is 1. The second-order valence-electron chi connectivity index (χ2n) is 7.00. The molecule has 0 saturated carbocycles. The summed E-state index contributed by atoms with van der Waals surface area (Å²) in [5, 5.41) is 6.94. The molecule has 7 nitrogen and oxygen atoms in total. The lowest BCUT2D eigenvalue weighted by Gasteiger charge is -2.35. The molecule has 0 radical (unpaired) electrons. The zero-order chi connectivity index (χ0) is 16.4. The highest BCUT2D eigenvalue weighted by Gasteiger charge is 2.39. The first-order valence-corrected chi connectivity index (χ1v) is 7.71. The van der Waals surface area contributed by atoms with Gasteiger partial charge in [-0.05, 0) is 19.8 Å². The lowest BCUT2D eigenvalue weighted by atomic mass is 9.79. The lowest BCUT2D eigenvalue weighted by Crippen LogP contribution is -2.49. The molecule has 1 aliphatic heterocycles. The number of ether oxygens (including phenoxy) is 1. The van der Waals surface area contributed by atoms with Gasteiger partial charge in [-0.15, -0.1) is 12.4 Å². The van der Waals surface area contributed by atoms with Crippen molar-refractivity contribution in [2.75, 3.05) is 19.8 Å². The monoisotopic (exact) mass is 346 g/mol. The van der Waals surface area contributed by atoms with Crippen molar-refractivity contribution in [3.63, 3.8) is 0 Å². The Morgan fingerprint density at radius 3 is 2.48 bits per heavy atom. The molecule has 3 N–H and O–H groups in total.